The van der Waals surface area contributed by atoms with E-state index in [4.69, 9.17) is 0 Å². The van der Waals surface area contributed by atoms with Gasteiger partial charge in [0.2, 0.25) is 10.0 Å². The lowest BCUT2D eigenvalue weighted by molar-refractivity contribution is 0.588. The highest BCUT2D eigenvalue weighted by molar-refractivity contribution is 7.89. The van der Waals surface area contributed by atoms with Crippen LogP contribution in [0.15, 0.2) is 39.5 Å². The summed E-state index contributed by atoms with van der Waals surface area (Å²) in [5, 5.41) is 9.58. The number of guanidine groups is 1. The SMILES string of the molecule is CN=C(NCCc1csc(C)n1)NCc1ccc(S(=O)(=O)NC)cc1. The third kappa shape index (κ3) is 5.80. The van der Waals surface area contributed by atoms with Crippen LogP contribution in [0.2, 0.25) is 0 Å². The quantitative estimate of drug-likeness (QED) is 0.496. The summed E-state index contributed by atoms with van der Waals surface area (Å²) >= 11 is 1.65. The topological polar surface area (TPSA) is 95.5 Å². The number of benzene rings is 1. The van der Waals surface area contributed by atoms with E-state index in [1.54, 1.807) is 42.6 Å². The molecule has 0 bridgehead atoms. The minimum Gasteiger partial charge on any atom is -0.356 e. The van der Waals surface area contributed by atoms with E-state index < -0.39 is 10.0 Å². The Morgan fingerprint density at radius 1 is 1.24 bits per heavy atom. The van der Waals surface area contributed by atoms with Crippen LogP contribution in [0.25, 0.3) is 0 Å². The average molecular weight is 382 g/mol. The van der Waals surface area contributed by atoms with Crippen molar-refractivity contribution < 1.29 is 8.42 Å². The Labute approximate surface area is 152 Å². The lowest BCUT2D eigenvalue weighted by Gasteiger charge is -2.12. The van der Waals surface area contributed by atoms with Crippen LogP contribution in [0.4, 0.5) is 0 Å². The second kappa shape index (κ2) is 8.93. The van der Waals surface area contributed by atoms with Crippen LogP contribution in [0.5, 0.6) is 0 Å². The molecule has 2 rings (SSSR count). The van der Waals surface area contributed by atoms with E-state index in [-0.39, 0.29) is 4.90 Å². The number of sulfonamides is 1. The summed E-state index contributed by atoms with van der Waals surface area (Å²) in [5.74, 6) is 0.693. The van der Waals surface area contributed by atoms with Gasteiger partial charge in [0.1, 0.15) is 0 Å². The van der Waals surface area contributed by atoms with Crippen molar-refractivity contribution in [2.45, 2.75) is 24.8 Å². The molecule has 0 unspecified atom stereocenters. The predicted molar refractivity (Wildman–Crippen MR) is 101 cm³/mol. The van der Waals surface area contributed by atoms with Crippen molar-refractivity contribution in [3.05, 3.63) is 45.9 Å². The number of hydrogen-bond acceptors (Lipinski definition) is 5. The fraction of sp³-hybridized carbons (Fsp3) is 0.375. The minimum atomic E-state index is -3.40. The summed E-state index contributed by atoms with van der Waals surface area (Å²) in [6, 6.07) is 6.73. The van der Waals surface area contributed by atoms with Crippen molar-refractivity contribution in [2.75, 3.05) is 20.6 Å². The third-order valence-corrected chi connectivity index (χ3v) is 5.78. The van der Waals surface area contributed by atoms with Crippen LogP contribution in [0.3, 0.4) is 0 Å². The molecule has 9 heteroatoms. The lowest BCUT2D eigenvalue weighted by Crippen LogP contribution is -2.37. The zero-order chi connectivity index (χ0) is 18.3. The summed E-state index contributed by atoms with van der Waals surface area (Å²) in [5.41, 5.74) is 2.04. The van der Waals surface area contributed by atoms with Gasteiger partial charge in [-0.15, -0.1) is 11.3 Å². The molecule has 0 aliphatic carbocycles. The highest BCUT2D eigenvalue weighted by Crippen LogP contribution is 2.10. The zero-order valence-corrected chi connectivity index (χ0v) is 16.2. The van der Waals surface area contributed by atoms with Crippen LogP contribution in [0.1, 0.15) is 16.3 Å². The fourth-order valence-corrected chi connectivity index (χ4v) is 3.52. The van der Waals surface area contributed by atoms with Crippen molar-refractivity contribution >= 4 is 27.3 Å². The highest BCUT2D eigenvalue weighted by atomic mass is 32.2. The van der Waals surface area contributed by atoms with Gasteiger partial charge in [0, 0.05) is 31.9 Å². The molecule has 0 atom stereocenters. The third-order valence-electron chi connectivity index (χ3n) is 3.53. The van der Waals surface area contributed by atoms with Crippen LogP contribution in [-0.2, 0) is 23.0 Å². The van der Waals surface area contributed by atoms with Crippen molar-refractivity contribution in [2.24, 2.45) is 4.99 Å². The van der Waals surface area contributed by atoms with Gasteiger partial charge in [-0.1, -0.05) is 12.1 Å². The van der Waals surface area contributed by atoms with Crippen molar-refractivity contribution in [3.8, 4) is 0 Å². The maximum atomic E-state index is 11.7. The number of aliphatic imine (C=N–C) groups is 1. The smallest absolute Gasteiger partial charge is 0.240 e. The van der Waals surface area contributed by atoms with E-state index in [1.807, 2.05) is 6.92 Å². The number of nitrogens with zero attached hydrogens (tertiary/aromatic N) is 2. The standard InChI is InChI=1S/C16H23N5O2S2/c1-12-21-14(11-24-12)8-9-19-16(17-2)20-10-13-4-6-15(7-5-13)25(22,23)18-3/h4-7,11,18H,8-10H2,1-3H3,(H2,17,19,20). The molecule has 1 aromatic carbocycles. The van der Waals surface area contributed by atoms with Gasteiger partial charge in [0.25, 0.3) is 0 Å². The molecule has 0 aliphatic heterocycles. The second-order valence-corrected chi connectivity index (χ2v) is 8.26. The van der Waals surface area contributed by atoms with Gasteiger partial charge in [-0.2, -0.15) is 0 Å². The lowest BCUT2D eigenvalue weighted by atomic mass is 10.2. The summed E-state index contributed by atoms with van der Waals surface area (Å²) in [6.07, 6.45) is 0.835. The van der Waals surface area contributed by atoms with Crippen molar-refractivity contribution in [1.29, 1.82) is 0 Å². The number of rotatable bonds is 7. The molecular weight excluding hydrogens is 358 g/mol. The molecule has 1 heterocycles. The minimum absolute atomic E-state index is 0.250. The molecule has 3 N–H and O–H groups in total. The van der Waals surface area contributed by atoms with Crippen LogP contribution in [-0.4, -0.2) is 40.0 Å². The molecule has 0 spiro atoms. The first-order valence-corrected chi connectivity index (χ1v) is 10.2. The first kappa shape index (κ1) is 19.4. The molecule has 0 saturated carbocycles. The Morgan fingerprint density at radius 2 is 1.96 bits per heavy atom. The molecule has 0 radical (unpaired) electrons. The fourth-order valence-electron chi connectivity index (χ4n) is 2.14. The normalized spacial score (nSPS) is 12.2. The van der Waals surface area contributed by atoms with Gasteiger partial charge in [-0.3, -0.25) is 4.99 Å². The van der Waals surface area contributed by atoms with Gasteiger partial charge in [-0.05, 0) is 31.7 Å². The molecular formula is C16H23N5O2S2. The first-order valence-electron chi connectivity index (χ1n) is 7.82. The molecule has 0 amide bonds. The average Bonchev–Trinajstić information content (AvgIpc) is 3.03. The molecule has 2 aromatic rings. The molecule has 1 aromatic heterocycles. The van der Waals surface area contributed by atoms with E-state index >= 15 is 0 Å². The Morgan fingerprint density at radius 3 is 2.52 bits per heavy atom. The van der Waals surface area contributed by atoms with Crippen LogP contribution < -0.4 is 15.4 Å². The summed E-state index contributed by atoms with van der Waals surface area (Å²) in [4.78, 5) is 8.86. The first-order chi connectivity index (χ1) is 11.9. The van der Waals surface area contributed by atoms with Crippen LogP contribution in [0, 0.1) is 6.92 Å². The number of aryl methyl sites for hydroxylation is 1. The number of thiazole rings is 1. The largest absolute Gasteiger partial charge is 0.356 e. The summed E-state index contributed by atoms with van der Waals surface area (Å²) < 4.78 is 25.7. The molecule has 0 aliphatic rings. The monoisotopic (exact) mass is 381 g/mol. The van der Waals surface area contributed by atoms with Gasteiger partial charge < -0.3 is 10.6 Å². The number of aromatic nitrogens is 1. The van der Waals surface area contributed by atoms with E-state index in [9.17, 15) is 8.42 Å². The Balaban J connectivity index is 1.82. The maximum absolute atomic E-state index is 11.7. The van der Waals surface area contributed by atoms with E-state index in [1.165, 1.54) is 7.05 Å². The molecule has 136 valence electrons. The number of hydrogen-bond donors (Lipinski definition) is 3. The van der Waals surface area contributed by atoms with E-state index in [0.717, 1.165) is 29.2 Å². The molecule has 0 saturated heterocycles. The summed E-state index contributed by atoms with van der Waals surface area (Å²) in [7, 11) is -0.290. The number of nitrogens with one attached hydrogen (secondary N) is 3. The highest BCUT2D eigenvalue weighted by Gasteiger charge is 2.10. The summed E-state index contributed by atoms with van der Waals surface area (Å²) in [6.45, 7) is 3.28. The Hall–Kier alpha value is -1.97. The maximum Gasteiger partial charge on any atom is 0.240 e. The van der Waals surface area contributed by atoms with Gasteiger partial charge >= 0.3 is 0 Å². The van der Waals surface area contributed by atoms with E-state index in [2.05, 4.69) is 30.7 Å². The van der Waals surface area contributed by atoms with Gasteiger partial charge in [0.15, 0.2) is 5.96 Å². The zero-order valence-electron chi connectivity index (χ0n) is 14.5. The van der Waals surface area contributed by atoms with Crippen molar-refractivity contribution in [3.63, 3.8) is 0 Å². The molecule has 7 nitrogen and oxygen atoms in total. The van der Waals surface area contributed by atoms with Gasteiger partial charge in [0.05, 0.1) is 15.6 Å². The Bertz CT molecular complexity index is 813. The second-order valence-electron chi connectivity index (χ2n) is 5.31. The molecule has 0 fully saturated rings. The van der Waals surface area contributed by atoms with Crippen molar-refractivity contribution in [1.82, 2.24) is 20.3 Å². The predicted octanol–water partition coefficient (Wildman–Crippen LogP) is 1.27. The molecule has 25 heavy (non-hydrogen) atoms. The van der Waals surface area contributed by atoms with Gasteiger partial charge in [-0.25, -0.2) is 18.1 Å². The Kier molecular flexibility index (Phi) is 6.91. The van der Waals surface area contributed by atoms with Crippen LogP contribution >= 0.6 is 11.3 Å². The van der Waals surface area contributed by atoms with E-state index in [0.29, 0.717) is 12.5 Å².